The molecule has 0 N–H and O–H groups in total. The third-order valence-electron chi connectivity index (χ3n) is 4.36. The molecular formula is C16H33N3Sn. The summed E-state index contributed by atoms with van der Waals surface area (Å²) >= 11 is -2.34. The van der Waals surface area contributed by atoms with Gasteiger partial charge in [-0.25, -0.2) is 0 Å². The number of aromatic nitrogens is 3. The number of hydrogen-bond acceptors (Lipinski definition) is 2. The van der Waals surface area contributed by atoms with Crippen molar-refractivity contribution in [2.45, 2.75) is 86.1 Å². The minimum absolute atomic E-state index is 0.949. The van der Waals surface area contributed by atoms with Crippen LogP contribution in [-0.4, -0.2) is 33.1 Å². The van der Waals surface area contributed by atoms with Crippen molar-refractivity contribution in [1.29, 1.82) is 0 Å². The summed E-state index contributed by atoms with van der Waals surface area (Å²) in [6.45, 7) is 10.0. The third-order valence-corrected chi connectivity index (χ3v) is 18.9. The first-order chi connectivity index (χ1) is 9.72. The fourth-order valence-electron chi connectivity index (χ4n) is 2.95. The molecule has 4 heteroatoms. The Morgan fingerprint density at radius 3 is 1.75 bits per heavy atom. The molecule has 116 valence electrons. The van der Waals surface area contributed by atoms with Gasteiger partial charge in [0.25, 0.3) is 0 Å². The van der Waals surface area contributed by atoms with Gasteiger partial charge in [-0.2, -0.15) is 0 Å². The molecule has 0 aliphatic heterocycles. The van der Waals surface area contributed by atoms with Crippen LogP contribution in [0.5, 0.6) is 0 Å². The van der Waals surface area contributed by atoms with E-state index in [-0.39, 0.29) is 0 Å². The van der Waals surface area contributed by atoms with Crippen LogP contribution >= 0.6 is 0 Å². The average molecular weight is 386 g/mol. The second-order valence-electron chi connectivity index (χ2n) is 6.01. The maximum atomic E-state index is 4.86. The van der Waals surface area contributed by atoms with Crippen molar-refractivity contribution in [3.63, 3.8) is 0 Å². The number of nitrogens with zero attached hydrogens (tertiary/aromatic N) is 3. The van der Waals surface area contributed by atoms with Gasteiger partial charge in [-0.15, -0.1) is 0 Å². The van der Waals surface area contributed by atoms with Crippen molar-refractivity contribution in [2.24, 2.45) is 0 Å². The molecule has 20 heavy (non-hydrogen) atoms. The molecule has 0 aliphatic rings. The molecule has 1 aromatic rings. The van der Waals surface area contributed by atoms with Crippen molar-refractivity contribution >= 4 is 22.2 Å². The molecule has 1 rings (SSSR count). The van der Waals surface area contributed by atoms with E-state index in [0.717, 1.165) is 6.54 Å². The van der Waals surface area contributed by atoms with E-state index >= 15 is 0 Å². The van der Waals surface area contributed by atoms with Gasteiger partial charge in [0.05, 0.1) is 0 Å². The zero-order valence-electron chi connectivity index (χ0n) is 14.0. The van der Waals surface area contributed by atoms with Crippen molar-refractivity contribution < 1.29 is 0 Å². The summed E-state index contributed by atoms with van der Waals surface area (Å²) in [5.74, 6) is 0. The normalized spacial score (nSPS) is 12.0. The van der Waals surface area contributed by atoms with Crippen LogP contribution in [0.15, 0.2) is 6.33 Å². The van der Waals surface area contributed by atoms with Gasteiger partial charge in [0.1, 0.15) is 0 Å². The van der Waals surface area contributed by atoms with Crippen molar-refractivity contribution in [3.05, 3.63) is 6.33 Å². The molecule has 0 fully saturated rings. The summed E-state index contributed by atoms with van der Waals surface area (Å²) < 4.78 is 7.72. The van der Waals surface area contributed by atoms with Gasteiger partial charge in [-0.05, 0) is 0 Å². The molecule has 0 aliphatic carbocycles. The van der Waals surface area contributed by atoms with Crippen LogP contribution in [0.2, 0.25) is 13.3 Å². The molecule has 3 nitrogen and oxygen atoms in total. The van der Waals surface area contributed by atoms with Crippen LogP contribution in [0.4, 0.5) is 0 Å². The van der Waals surface area contributed by atoms with E-state index < -0.39 is 18.4 Å². The molecule has 0 saturated heterocycles. The SMILES string of the molecule is CCC[CH2][Sn]([CH2]CCC)([CH2]CCC)[c]1ncn(CC)n1. The summed E-state index contributed by atoms with van der Waals surface area (Å²) in [6, 6.07) is 0. The van der Waals surface area contributed by atoms with E-state index in [9.17, 15) is 0 Å². The Morgan fingerprint density at radius 2 is 1.40 bits per heavy atom. The van der Waals surface area contributed by atoms with E-state index in [1.807, 2.05) is 11.0 Å². The van der Waals surface area contributed by atoms with E-state index in [4.69, 9.17) is 10.1 Å². The number of rotatable bonds is 11. The second-order valence-corrected chi connectivity index (χ2v) is 18.9. The maximum absolute atomic E-state index is 4.86. The number of aryl methyl sites for hydroxylation is 1. The molecule has 0 unspecified atom stereocenters. The van der Waals surface area contributed by atoms with Gasteiger partial charge in [0, 0.05) is 0 Å². The predicted octanol–water partition coefficient (Wildman–Crippen LogP) is 4.35. The van der Waals surface area contributed by atoms with E-state index in [1.165, 1.54) is 55.7 Å². The van der Waals surface area contributed by atoms with Gasteiger partial charge in [-0.1, -0.05) is 0 Å². The summed E-state index contributed by atoms with van der Waals surface area (Å²) in [6.07, 6.45) is 10.0. The van der Waals surface area contributed by atoms with Crippen LogP contribution < -0.4 is 3.84 Å². The quantitative estimate of drug-likeness (QED) is 0.530. The topological polar surface area (TPSA) is 30.7 Å². The van der Waals surface area contributed by atoms with Gasteiger partial charge in [0.15, 0.2) is 0 Å². The molecule has 0 saturated carbocycles. The Morgan fingerprint density at radius 1 is 0.900 bits per heavy atom. The first kappa shape index (κ1) is 18.0. The van der Waals surface area contributed by atoms with Crippen LogP contribution in [0.3, 0.4) is 0 Å². The van der Waals surface area contributed by atoms with E-state index in [0.29, 0.717) is 0 Å². The Labute approximate surface area is 129 Å². The summed E-state index contributed by atoms with van der Waals surface area (Å²) in [5, 5.41) is 4.86. The summed E-state index contributed by atoms with van der Waals surface area (Å²) in [7, 11) is 0. The standard InChI is InChI=1S/C4H6N3.3C4H9.Sn/c1-2-7-4-5-3-6-7;3*1-3-4-2;/h4H,2H2,1H3;3*1,3-4H2,2H3;. The monoisotopic (exact) mass is 387 g/mol. The van der Waals surface area contributed by atoms with Crippen LogP contribution in [0, 0.1) is 0 Å². The number of hydrogen-bond donors (Lipinski definition) is 0. The number of unbranched alkanes of at least 4 members (excludes halogenated alkanes) is 3. The summed E-state index contributed by atoms with van der Waals surface area (Å²) in [4.78, 5) is 4.76. The molecule has 0 aromatic carbocycles. The molecule has 0 bridgehead atoms. The first-order valence-corrected chi connectivity index (χ1v) is 16.1. The summed E-state index contributed by atoms with van der Waals surface area (Å²) in [5.41, 5.74) is 0. The third kappa shape index (κ3) is 5.05. The fourth-order valence-corrected chi connectivity index (χ4v) is 17.7. The molecule has 1 aromatic heterocycles. The second kappa shape index (κ2) is 9.80. The molecule has 1 heterocycles. The average Bonchev–Trinajstić information content (AvgIpc) is 2.96. The molecule has 0 radical (unpaired) electrons. The van der Waals surface area contributed by atoms with Crippen LogP contribution in [0.25, 0.3) is 0 Å². The Kier molecular flexibility index (Phi) is 8.81. The Hall–Kier alpha value is -0.0613. The van der Waals surface area contributed by atoms with Gasteiger partial charge < -0.3 is 0 Å². The van der Waals surface area contributed by atoms with E-state index in [1.54, 1.807) is 0 Å². The van der Waals surface area contributed by atoms with Crippen molar-refractivity contribution in [3.8, 4) is 0 Å². The fraction of sp³-hybridized carbons (Fsp3) is 0.875. The molecule has 0 spiro atoms. The minimum atomic E-state index is -2.34. The van der Waals surface area contributed by atoms with Gasteiger partial charge >= 0.3 is 129 Å². The van der Waals surface area contributed by atoms with Crippen LogP contribution in [0.1, 0.15) is 66.2 Å². The first-order valence-electron chi connectivity index (χ1n) is 8.62. The molecule has 0 amide bonds. The zero-order valence-corrected chi connectivity index (χ0v) is 16.8. The zero-order chi connectivity index (χ0) is 14.8. The van der Waals surface area contributed by atoms with Crippen LogP contribution in [-0.2, 0) is 6.54 Å². The van der Waals surface area contributed by atoms with Crippen molar-refractivity contribution in [2.75, 3.05) is 0 Å². The molecular weight excluding hydrogens is 353 g/mol. The van der Waals surface area contributed by atoms with E-state index in [2.05, 4.69) is 27.7 Å². The Balaban J connectivity index is 2.97. The van der Waals surface area contributed by atoms with Crippen molar-refractivity contribution in [1.82, 2.24) is 14.8 Å². The molecule has 0 atom stereocenters. The predicted molar refractivity (Wildman–Crippen MR) is 90.2 cm³/mol. The van der Waals surface area contributed by atoms with Gasteiger partial charge in [0.2, 0.25) is 0 Å². The Bertz CT molecular complexity index is 341. The van der Waals surface area contributed by atoms with Gasteiger partial charge in [-0.3, -0.25) is 0 Å².